The Morgan fingerprint density at radius 3 is 1.66 bits per heavy atom. The SMILES string of the molecule is CC(C)C[C@@H]1NC(=O)[C@@H](Cc2ccccc2)NC(=O)[C@H](C(C)N)NC(=O)[C@H](C(C)N)N(C(=O)[C@@H](NC(=O)[C@@H](NC(=O)CCCC2CCCCC2)[C@@H](C)O)C(C)N)[C@](C=O)([C@@H](C)O)NC(=O)[C@H](C(C)N)NC(=O)[C@H](C(C)N)NC1=O. The van der Waals surface area contributed by atoms with E-state index in [4.69, 9.17) is 28.7 Å². The molecule has 20 N–H and O–H groups in total. The average molecular weight is 1120 g/mol. The molecule has 1 saturated heterocycles. The Labute approximate surface area is 463 Å². The molecule has 1 aromatic carbocycles. The minimum atomic E-state index is -3.12. The summed E-state index contributed by atoms with van der Waals surface area (Å²) in [7, 11) is 0. The normalized spacial score (nSPS) is 27.1. The van der Waals surface area contributed by atoms with Crippen LogP contribution in [0, 0.1) is 11.8 Å². The summed E-state index contributed by atoms with van der Waals surface area (Å²) in [5.74, 6) is -9.53. The number of aldehydes is 1. The summed E-state index contributed by atoms with van der Waals surface area (Å²) in [5, 5.41) is 42.6. The average Bonchev–Trinajstić information content (AvgIpc) is 3.53. The van der Waals surface area contributed by atoms with Crippen molar-refractivity contribution in [2.75, 3.05) is 0 Å². The van der Waals surface area contributed by atoms with Gasteiger partial charge >= 0.3 is 0 Å². The molecule has 79 heavy (non-hydrogen) atoms. The Balaban J connectivity index is 2.33. The number of amides is 9. The maximum atomic E-state index is 15.6. The quantitative estimate of drug-likeness (QED) is 0.0556. The third-order valence-corrected chi connectivity index (χ3v) is 14.3. The summed E-state index contributed by atoms with van der Waals surface area (Å²) in [4.78, 5) is 145. The van der Waals surface area contributed by atoms with Crippen LogP contribution < -0.4 is 71.2 Å². The van der Waals surface area contributed by atoms with Crippen molar-refractivity contribution in [1.29, 1.82) is 0 Å². The molecule has 1 saturated carbocycles. The second-order valence-electron chi connectivity index (χ2n) is 22.1. The molecular weight excluding hydrogens is 1020 g/mol. The molecule has 1 aliphatic heterocycles. The van der Waals surface area contributed by atoms with E-state index >= 15 is 9.59 Å². The third-order valence-electron chi connectivity index (χ3n) is 14.3. The Morgan fingerprint density at radius 1 is 0.658 bits per heavy atom. The van der Waals surface area contributed by atoms with Crippen LogP contribution in [0.25, 0.3) is 0 Å². The predicted octanol–water partition coefficient (Wildman–Crippen LogP) is -3.86. The highest BCUT2D eigenvalue weighted by molar-refractivity contribution is 6.01. The first-order chi connectivity index (χ1) is 37.0. The molecule has 5 unspecified atom stereocenters. The summed E-state index contributed by atoms with van der Waals surface area (Å²) >= 11 is 0. The number of hydrogen-bond donors (Lipinski definition) is 15. The maximum Gasteiger partial charge on any atom is 0.249 e. The lowest BCUT2D eigenvalue weighted by Gasteiger charge is -2.48. The van der Waals surface area contributed by atoms with Gasteiger partial charge in [0.1, 0.15) is 54.4 Å². The number of benzene rings is 1. The van der Waals surface area contributed by atoms with Crippen LogP contribution in [-0.4, -0.2) is 171 Å². The standard InChI is InChI=1S/C53H90N14O12/c1-26(2)23-36-46(73)62-40(28(4)55)48(75)63-41(29(5)56)50(77)66-53(25-68,33(9)70)67(52(79)42(30(6)57)65-49(76)43(32(8)69)61-38(71)22-16-21-34-17-12-10-13-18-34)44(31(7)58)51(78)64-39(27(3)54)47(74)60-37(45(72)59-36)24-35-19-14-11-15-20-35/h11,14-15,19-20,25-34,36-37,39-44,69-70H,10,12-13,16-18,21-24,54-58H2,1-9H3,(H,59,72)(H,60,74)(H,61,71)(H,62,73)(H,63,75)(H,64,78)(H,65,76)(H,66,77)/t27?,28?,29?,30?,31?,32-,33-,36+,37-,39+,40+,41+,42+,43+,44+,53-/m1/s1. The highest BCUT2D eigenvalue weighted by Crippen LogP contribution is 2.28. The molecule has 444 valence electrons. The van der Waals surface area contributed by atoms with E-state index in [2.05, 4.69) is 42.5 Å². The van der Waals surface area contributed by atoms with E-state index in [1.807, 2.05) is 0 Å². The lowest BCUT2D eigenvalue weighted by atomic mass is 9.86. The first kappa shape index (κ1) is 67.1. The third kappa shape index (κ3) is 19.0. The lowest BCUT2D eigenvalue weighted by Crippen LogP contribution is -2.79. The van der Waals surface area contributed by atoms with Crippen molar-refractivity contribution < 1.29 is 58.2 Å². The largest absolute Gasteiger partial charge is 0.391 e. The van der Waals surface area contributed by atoms with Gasteiger partial charge in [-0.15, -0.1) is 0 Å². The molecule has 3 rings (SSSR count). The zero-order valence-corrected chi connectivity index (χ0v) is 47.2. The Kier molecular flexibility index (Phi) is 26.3. The van der Waals surface area contributed by atoms with E-state index in [0.29, 0.717) is 22.8 Å². The second-order valence-corrected chi connectivity index (χ2v) is 22.1. The predicted molar refractivity (Wildman–Crippen MR) is 293 cm³/mol. The molecule has 1 aromatic rings. The molecule has 0 spiro atoms. The fourth-order valence-corrected chi connectivity index (χ4v) is 9.79. The number of nitrogens with zero attached hydrogens (tertiary/aromatic N) is 1. The van der Waals surface area contributed by atoms with Gasteiger partial charge in [0.05, 0.1) is 6.10 Å². The monoisotopic (exact) mass is 1110 g/mol. The Hall–Kier alpha value is -6.16. The second kappa shape index (κ2) is 31.0. The van der Waals surface area contributed by atoms with Crippen LogP contribution in [0.5, 0.6) is 0 Å². The van der Waals surface area contributed by atoms with Crippen molar-refractivity contribution in [1.82, 2.24) is 47.4 Å². The van der Waals surface area contributed by atoms with E-state index in [1.165, 1.54) is 41.5 Å². The molecule has 1 heterocycles. The number of nitrogens with two attached hydrogens (primary N) is 5. The minimum absolute atomic E-state index is 0.0149. The molecule has 26 nitrogen and oxygen atoms in total. The van der Waals surface area contributed by atoms with Crippen LogP contribution >= 0.6 is 0 Å². The van der Waals surface area contributed by atoms with E-state index in [-0.39, 0.29) is 31.5 Å². The number of aliphatic hydroxyl groups is 2. The molecule has 9 amide bonds. The zero-order chi connectivity index (χ0) is 59.6. The highest BCUT2D eigenvalue weighted by atomic mass is 16.3. The first-order valence-electron chi connectivity index (χ1n) is 27.4. The molecule has 2 aliphatic rings. The number of hydrogen-bond acceptors (Lipinski definition) is 17. The van der Waals surface area contributed by atoms with Gasteiger partial charge in [-0.1, -0.05) is 76.3 Å². The van der Waals surface area contributed by atoms with Crippen LogP contribution in [0.15, 0.2) is 30.3 Å². The number of aliphatic hydroxyl groups excluding tert-OH is 2. The summed E-state index contributed by atoms with van der Waals surface area (Å²) in [6, 6.07) is -12.5. The van der Waals surface area contributed by atoms with E-state index < -0.39 is 150 Å². The molecule has 1 aliphatic carbocycles. The fraction of sp³-hybridized carbons (Fsp3) is 0.698. The van der Waals surface area contributed by atoms with Crippen molar-refractivity contribution in [3.8, 4) is 0 Å². The van der Waals surface area contributed by atoms with Crippen molar-refractivity contribution in [3.63, 3.8) is 0 Å². The molecule has 0 radical (unpaired) electrons. The maximum absolute atomic E-state index is 15.6. The van der Waals surface area contributed by atoms with Crippen LogP contribution in [-0.2, 0) is 54.4 Å². The van der Waals surface area contributed by atoms with Crippen LogP contribution in [0.4, 0.5) is 0 Å². The van der Waals surface area contributed by atoms with Gasteiger partial charge in [0.2, 0.25) is 53.2 Å². The van der Waals surface area contributed by atoms with Crippen molar-refractivity contribution in [2.45, 2.75) is 223 Å². The number of carbonyl (C=O) groups excluding carboxylic acids is 10. The van der Waals surface area contributed by atoms with Gasteiger partial charge in [-0.3, -0.25) is 52.8 Å². The van der Waals surface area contributed by atoms with Gasteiger partial charge in [-0.25, -0.2) is 0 Å². The summed E-state index contributed by atoms with van der Waals surface area (Å²) in [6.07, 6.45) is 2.74. The van der Waals surface area contributed by atoms with Gasteiger partial charge in [-0.2, -0.15) is 0 Å². The minimum Gasteiger partial charge on any atom is -0.391 e. The van der Waals surface area contributed by atoms with E-state index in [9.17, 15) is 48.6 Å². The van der Waals surface area contributed by atoms with Crippen LogP contribution in [0.1, 0.15) is 126 Å². The smallest absolute Gasteiger partial charge is 0.249 e. The zero-order valence-electron chi connectivity index (χ0n) is 47.2. The number of rotatable bonds is 20. The van der Waals surface area contributed by atoms with Crippen molar-refractivity contribution in [2.24, 2.45) is 40.5 Å². The van der Waals surface area contributed by atoms with Gasteiger partial charge in [0.25, 0.3) is 0 Å². The van der Waals surface area contributed by atoms with E-state index in [0.717, 1.165) is 45.4 Å². The van der Waals surface area contributed by atoms with Gasteiger partial charge in [0.15, 0.2) is 11.9 Å². The molecule has 26 heteroatoms. The van der Waals surface area contributed by atoms with Crippen molar-refractivity contribution >= 4 is 59.5 Å². The summed E-state index contributed by atoms with van der Waals surface area (Å²) in [6.45, 7) is 12.2. The fourth-order valence-electron chi connectivity index (χ4n) is 9.79. The summed E-state index contributed by atoms with van der Waals surface area (Å²) in [5.41, 5.74) is 29.4. The van der Waals surface area contributed by atoms with E-state index in [1.54, 1.807) is 44.2 Å². The molecule has 0 aromatic heterocycles. The lowest BCUT2D eigenvalue weighted by molar-refractivity contribution is -0.167. The Bertz CT molecular complexity index is 2240. The molecular formula is C53H90N14O12. The van der Waals surface area contributed by atoms with Gasteiger partial charge in [-0.05, 0) is 85.1 Å². The van der Waals surface area contributed by atoms with Gasteiger partial charge < -0.3 is 81.4 Å². The van der Waals surface area contributed by atoms with Crippen LogP contribution in [0.2, 0.25) is 0 Å². The molecule has 16 atom stereocenters. The molecule has 2 fully saturated rings. The molecule has 0 bridgehead atoms. The first-order valence-corrected chi connectivity index (χ1v) is 27.4. The number of carbonyl (C=O) groups is 10. The van der Waals surface area contributed by atoms with Crippen molar-refractivity contribution in [3.05, 3.63) is 35.9 Å². The number of nitrogens with one attached hydrogen (secondary N) is 8. The highest BCUT2D eigenvalue weighted by Gasteiger charge is 2.55. The topological polar surface area (TPSA) is 441 Å². The van der Waals surface area contributed by atoms with Gasteiger partial charge in [0, 0.05) is 43.1 Å². The Morgan fingerprint density at radius 2 is 1.16 bits per heavy atom. The van der Waals surface area contributed by atoms with Crippen LogP contribution in [0.3, 0.4) is 0 Å². The summed E-state index contributed by atoms with van der Waals surface area (Å²) < 4.78 is 0.